The molecule has 0 bridgehead atoms. The van der Waals surface area contributed by atoms with Gasteiger partial charge in [0.05, 0.1) is 18.7 Å². The summed E-state index contributed by atoms with van der Waals surface area (Å²) in [5.74, 6) is 0.302. The van der Waals surface area contributed by atoms with Crippen molar-refractivity contribution >= 4 is 34.8 Å². The number of fused-ring (bicyclic) bond motifs is 1. The van der Waals surface area contributed by atoms with Crippen LogP contribution in [0.5, 0.6) is 5.75 Å². The summed E-state index contributed by atoms with van der Waals surface area (Å²) in [4.78, 5) is 41.5. The van der Waals surface area contributed by atoms with Crippen LogP contribution in [-0.2, 0) is 20.8 Å². The molecule has 7 heteroatoms. The van der Waals surface area contributed by atoms with Crippen molar-refractivity contribution in [1.82, 2.24) is 0 Å². The van der Waals surface area contributed by atoms with Crippen LogP contribution in [0, 0.1) is 11.8 Å². The molecule has 0 aromatic heterocycles. The summed E-state index contributed by atoms with van der Waals surface area (Å²) in [6, 6.07) is 13.0. The maximum absolute atomic E-state index is 12.8. The first kappa shape index (κ1) is 19.6. The molecule has 5 rings (SSSR count). The third-order valence-corrected chi connectivity index (χ3v) is 6.32. The van der Waals surface area contributed by atoms with Gasteiger partial charge in [-0.05, 0) is 55.2 Å². The van der Waals surface area contributed by atoms with E-state index in [9.17, 15) is 14.4 Å². The number of nitrogens with one attached hydrogen (secondary N) is 1. The number of para-hydroxylation sites is 2. The lowest BCUT2D eigenvalue weighted by atomic mass is 10.1. The standard InChI is InChI=1S/C24H25N3O4/c1-31-21-5-3-2-4-19(21)25-23(29)17-13-22(28)27(14-17)18-8-9-20-16(12-18)10-11-26(20)24(30)15-6-7-15/h2-5,8-9,12,15,17H,6-7,10-11,13-14H2,1H3,(H,25,29)/t17-/m0/s1. The molecular formula is C24H25N3O4. The van der Waals surface area contributed by atoms with Crippen molar-refractivity contribution in [2.45, 2.75) is 25.7 Å². The van der Waals surface area contributed by atoms with Crippen LogP contribution in [0.15, 0.2) is 42.5 Å². The Kier molecular flexibility index (Phi) is 4.88. The number of carbonyl (C=O) groups excluding carboxylic acids is 3. The number of carbonyl (C=O) groups is 3. The Labute approximate surface area is 181 Å². The minimum atomic E-state index is -0.432. The molecule has 2 fully saturated rings. The largest absolute Gasteiger partial charge is 0.495 e. The van der Waals surface area contributed by atoms with Crippen LogP contribution in [-0.4, -0.2) is 37.9 Å². The van der Waals surface area contributed by atoms with Crippen LogP contribution >= 0.6 is 0 Å². The molecule has 31 heavy (non-hydrogen) atoms. The molecular weight excluding hydrogens is 394 g/mol. The second-order valence-electron chi connectivity index (χ2n) is 8.42. The van der Waals surface area contributed by atoms with Gasteiger partial charge in [0, 0.05) is 36.8 Å². The summed E-state index contributed by atoms with van der Waals surface area (Å²) in [6.45, 7) is 1.04. The number of benzene rings is 2. The molecule has 2 heterocycles. The number of hydrogen-bond donors (Lipinski definition) is 1. The summed E-state index contributed by atoms with van der Waals surface area (Å²) in [5.41, 5.74) is 3.43. The Morgan fingerprint density at radius 3 is 2.68 bits per heavy atom. The smallest absolute Gasteiger partial charge is 0.230 e. The van der Waals surface area contributed by atoms with Gasteiger partial charge in [-0.25, -0.2) is 0 Å². The second-order valence-corrected chi connectivity index (χ2v) is 8.42. The van der Waals surface area contributed by atoms with Crippen molar-refractivity contribution in [3.8, 4) is 5.75 Å². The molecule has 3 amide bonds. The Balaban J connectivity index is 1.29. The van der Waals surface area contributed by atoms with Crippen molar-refractivity contribution in [1.29, 1.82) is 0 Å². The Morgan fingerprint density at radius 1 is 1.10 bits per heavy atom. The highest BCUT2D eigenvalue weighted by molar-refractivity contribution is 6.04. The van der Waals surface area contributed by atoms with E-state index in [4.69, 9.17) is 4.74 Å². The van der Waals surface area contributed by atoms with Crippen LogP contribution < -0.4 is 19.9 Å². The van der Waals surface area contributed by atoms with Gasteiger partial charge in [-0.2, -0.15) is 0 Å². The number of nitrogens with zero attached hydrogens (tertiary/aromatic N) is 2. The molecule has 2 aromatic carbocycles. The van der Waals surface area contributed by atoms with Gasteiger partial charge in [-0.15, -0.1) is 0 Å². The monoisotopic (exact) mass is 419 g/mol. The van der Waals surface area contributed by atoms with Crippen molar-refractivity contribution < 1.29 is 19.1 Å². The van der Waals surface area contributed by atoms with Gasteiger partial charge in [0.1, 0.15) is 5.75 Å². The van der Waals surface area contributed by atoms with Crippen LogP contribution in [0.2, 0.25) is 0 Å². The van der Waals surface area contributed by atoms with Gasteiger partial charge >= 0.3 is 0 Å². The van der Waals surface area contributed by atoms with E-state index in [2.05, 4.69) is 5.32 Å². The average molecular weight is 419 g/mol. The minimum Gasteiger partial charge on any atom is -0.495 e. The summed E-state index contributed by atoms with van der Waals surface area (Å²) < 4.78 is 5.29. The highest BCUT2D eigenvalue weighted by Crippen LogP contribution is 2.38. The summed E-state index contributed by atoms with van der Waals surface area (Å²) in [7, 11) is 1.55. The van der Waals surface area contributed by atoms with E-state index in [0.29, 0.717) is 24.5 Å². The van der Waals surface area contributed by atoms with E-state index < -0.39 is 5.92 Å². The molecule has 2 aliphatic heterocycles. The van der Waals surface area contributed by atoms with Crippen LogP contribution in [0.25, 0.3) is 0 Å². The van der Waals surface area contributed by atoms with Gasteiger partial charge in [-0.1, -0.05) is 12.1 Å². The molecule has 7 nitrogen and oxygen atoms in total. The van der Waals surface area contributed by atoms with Crippen LogP contribution in [0.4, 0.5) is 17.1 Å². The molecule has 160 valence electrons. The van der Waals surface area contributed by atoms with Crippen molar-refractivity contribution in [2.24, 2.45) is 11.8 Å². The quantitative estimate of drug-likeness (QED) is 0.808. The molecule has 1 N–H and O–H groups in total. The number of amides is 3. The van der Waals surface area contributed by atoms with E-state index in [1.165, 1.54) is 0 Å². The van der Waals surface area contributed by atoms with E-state index >= 15 is 0 Å². The number of hydrogen-bond acceptors (Lipinski definition) is 4. The SMILES string of the molecule is COc1ccccc1NC(=O)[C@H]1CC(=O)N(c2ccc3c(c2)CCN3C(=O)C2CC2)C1. The fraction of sp³-hybridized carbons (Fsp3) is 0.375. The van der Waals surface area contributed by atoms with Crippen LogP contribution in [0.1, 0.15) is 24.8 Å². The number of anilines is 3. The molecule has 0 unspecified atom stereocenters. The fourth-order valence-electron chi connectivity index (χ4n) is 4.45. The van der Waals surface area contributed by atoms with Gasteiger partial charge in [0.25, 0.3) is 0 Å². The second kappa shape index (κ2) is 7.72. The third-order valence-electron chi connectivity index (χ3n) is 6.32. The van der Waals surface area contributed by atoms with Gasteiger partial charge < -0.3 is 19.9 Å². The molecule has 1 aliphatic carbocycles. The highest BCUT2D eigenvalue weighted by atomic mass is 16.5. The minimum absolute atomic E-state index is 0.0657. The summed E-state index contributed by atoms with van der Waals surface area (Å²) in [5, 5.41) is 2.89. The Bertz CT molecular complexity index is 1060. The number of methoxy groups -OCH3 is 1. The first-order valence-electron chi connectivity index (χ1n) is 10.7. The highest BCUT2D eigenvalue weighted by Gasteiger charge is 2.38. The van der Waals surface area contributed by atoms with Gasteiger partial charge in [0.15, 0.2) is 0 Å². The zero-order valence-electron chi connectivity index (χ0n) is 17.5. The Morgan fingerprint density at radius 2 is 1.90 bits per heavy atom. The summed E-state index contributed by atoms with van der Waals surface area (Å²) >= 11 is 0. The normalized spacial score (nSPS) is 20.0. The topological polar surface area (TPSA) is 79.0 Å². The lowest BCUT2D eigenvalue weighted by Crippen LogP contribution is -2.30. The van der Waals surface area contributed by atoms with Crippen LogP contribution in [0.3, 0.4) is 0 Å². The van der Waals surface area contributed by atoms with E-state index in [-0.39, 0.29) is 30.1 Å². The molecule has 3 aliphatic rings. The summed E-state index contributed by atoms with van der Waals surface area (Å²) in [6.07, 6.45) is 2.94. The lowest BCUT2D eigenvalue weighted by Gasteiger charge is -2.20. The predicted molar refractivity (Wildman–Crippen MR) is 117 cm³/mol. The average Bonchev–Trinajstić information content (AvgIpc) is 3.43. The molecule has 1 saturated heterocycles. The van der Waals surface area contributed by atoms with Gasteiger partial charge in [-0.3, -0.25) is 14.4 Å². The third kappa shape index (κ3) is 3.65. The maximum atomic E-state index is 12.8. The predicted octanol–water partition coefficient (Wildman–Crippen LogP) is 2.99. The molecule has 2 aromatic rings. The maximum Gasteiger partial charge on any atom is 0.230 e. The first-order chi connectivity index (χ1) is 15.0. The lowest BCUT2D eigenvalue weighted by molar-refractivity contribution is -0.122. The zero-order valence-corrected chi connectivity index (χ0v) is 17.5. The van der Waals surface area contributed by atoms with Crippen molar-refractivity contribution in [2.75, 3.05) is 35.3 Å². The van der Waals surface area contributed by atoms with Gasteiger partial charge in [0.2, 0.25) is 17.7 Å². The molecule has 1 atom stereocenters. The molecule has 0 spiro atoms. The zero-order chi connectivity index (χ0) is 21.5. The van der Waals surface area contributed by atoms with E-state index in [0.717, 1.165) is 36.2 Å². The number of ether oxygens (including phenoxy) is 1. The fourth-order valence-corrected chi connectivity index (χ4v) is 4.45. The first-order valence-corrected chi connectivity index (χ1v) is 10.7. The van der Waals surface area contributed by atoms with E-state index in [1.54, 1.807) is 24.1 Å². The van der Waals surface area contributed by atoms with E-state index in [1.807, 2.05) is 35.2 Å². The molecule has 1 saturated carbocycles. The molecule has 0 radical (unpaired) electrons. The van der Waals surface area contributed by atoms with Crippen molar-refractivity contribution in [3.63, 3.8) is 0 Å². The Hall–Kier alpha value is -3.35. The number of rotatable bonds is 5. The van der Waals surface area contributed by atoms with Crippen molar-refractivity contribution in [3.05, 3.63) is 48.0 Å².